The molecule has 0 unspecified atom stereocenters. The summed E-state index contributed by atoms with van der Waals surface area (Å²) in [6, 6.07) is 23.3. The zero-order valence-electron chi connectivity index (χ0n) is 10.4. The summed E-state index contributed by atoms with van der Waals surface area (Å²) in [4.78, 5) is 0. The molecule has 0 saturated heterocycles. The molecule has 1 heteroatoms. The highest BCUT2D eigenvalue weighted by Gasteiger charge is 2.04. The van der Waals surface area contributed by atoms with Gasteiger partial charge in [0.15, 0.2) is 0 Å². The Morgan fingerprint density at radius 1 is 0.722 bits per heavy atom. The van der Waals surface area contributed by atoms with Crippen molar-refractivity contribution in [2.75, 3.05) is 0 Å². The summed E-state index contributed by atoms with van der Waals surface area (Å²) in [6.45, 7) is 2.11. The van der Waals surface area contributed by atoms with Crippen molar-refractivity contribution in [2.45, 2.75) is 6.92 Å². The molecule has 0 radical (unpaired) electrons. The van der Waals surface area contributed by atoms with Gasteiger partial charge in [-0.25, -0.2) is 0 Å². The van der Waals surface area contributed by atoms with Gasteiger partial charge in [-0.05, 0) is 36.8 Å². The normalized spacial score (nSPS) is 10.5. The third-order valence-corrected chi connectivity index (χ3v) is 3.13. The summed E-state index contributed by atoms with van der Waals surface area (Å²) in [5.74, 6) is 0. The smallest absolute Gasteiger partial charge is 0.0528 e. The van der Waals surface area contributed by atoms with Crippen molar-refractivity contribution in [3.63, 3.8) is 0 Å². The molecule has 0 aliphatic carbocycles. The van der Waals surface area contributed by atoms with Gasteiger partial charge in [-0.2, -0.15) is 0 Å². The highest BCUT2D eigenvalue weighted by molar-refractivity contribution is 5.62. The van der Waals surface area contributed by atoms with Crippen LogP contribution < -0.4 is 0 Å². The molecule has 0 atom stereocenters. The second kappa shape index (κ2) is 4.53. The summed E-state index contributed by atoms with van der Waals surface area (Å²) in [6.07, 6.45) is 2.10. The maximum atomic E-state index is 2.22. The van der Waals surface area contributed by atoms with E-state index in [9.17, 15) is 0 Å². The van der Waals surface area contributed by atoms with E-state index >= 15 is 0 Å². The predicted octanol–water partition coefficient (Wildman–Crippen LogP) is 4.45. The van der Waals surface area contributed by atoms with E-state index in [0.717, 1.165) is 0 Å². The van der Waals surface area contributed by atoms with Crippen LogP contribution in [0.2, 0.25) is 0 Å². The lowest BCUT2D eigenvalue weighted by Crippen LogP contribution is -1.94. The molecule has 3 aromatic rings. The van der Waals surface area contributed by atoms with Gasteiger partial charge in [-0.15, -0.1) is 0 Å². The molecule has 2 aromatic carbocycles. The Morgan fingerprint density at radius 2 is 1.44 bits per heavy atom. The number of rotatable bonds is 2. The average molecular weight is 233 g/mol. The van der Waals surface area contributed by atoms with Gasteiger partial charge in [0.05, 0.1) is 5.69 Å². The predicted molar refractivity (Wildman–Crippen MR) is 75.9 cm³/mol. The molecule has 0 spiro atoms. The highest BCUT2D eigenvalue weighted by atomic mass is 15.0. The molecule has 88 valence electrons. The van der Waals surface area contributed by atoms with Crippen LogP contribution in [0.1, 0.15) is 5.56 Å². The number of aromatic nitrogens is 1. The lowest BCUT2D eigenvalue weighted by atomic mass is 10.1. The molecule has 0 fully saturated rings. The second-order valence-corrected chi connectivity index (χ2v) is 4.47. The van der Waals surface area contributed by atoms with E-state index in [-0.39, 0.29) is 0 Å². The molecule has 0 saturated carbocycles. The Labute approximate surface area is 107 Å². The fraction of sp³-hybridized carbons (Fsp3) is 0.0588. The summed E-state index contributed by atoms with van der Waals surface area (Å²) in [7, 11) is 0. The summed E-state index contributed by atoms with van der Waals surface area (Å²) < 4.78 is 2.22. The van der Waals surface area contributed by atoms with Crippen LogP contribution in [0.25, 0.3) is 16.9 Å². The lowest BCUT2D eigenvalue weighted by Gasteiger charge is -2.09. The molecule has 0 N–H and O–H groups in total. The first-order chi connectivity index (χ1) is 8.84. The van der Waals surface area contributed by atoms with Gasteiger partial charge >= 0.3 is 0 Å². The van der Waals surface area contributed by atoms with Gasteiger partial charge in [-0.1, -0.05) is 48.0 Å². The van der Waals surface area contributed by atoms with Crippen LogP contribution in [0.15, 0.2) is 72.9 Å². The minimum Gasteiger partial charge on any atom is -0.317 e. The molecule has 0 aliphatic rings. The van der Waals surface area contributed by atoms with E-state index in [1.165, 1.54) is 22.5 Å². The van der Waals surface area contributed by atoms with Crippen LogP contribution in [0.5, 0.6) is 0 Å². The molecular weight excluding hydrogens is 218 g/mol. The fourth-order valence-corrected chi connectivity index (χ4v) is 2.16. The van der Waals surface area contributed by atoms with E-state index < -0.39 is 0 Å². The Balaban J connectivity index is 2.10. The summed E-state index contributed by atoms with van der Waals surface area (Å²) in [5, 5.41) is 0. The van der Waals surface area contributed by atoms with Crippen molar-refractivity contribution < 1.29 is 0 Å². The average Bonchev–Trinajstić information content (AvgIpc) is 2.90. The minimum absolute atomic E-state index is 1.20. The minimum atomic E-state index is 1.20. The standard InChI is InChI=1S/C17H15N/c1-14-9-11-16(12-10-14)18-13-5-8-17(18)15-6-3-2-4-7-15/h2-13H,1H3. The van der Waals surface area contributed by atoms with Crippen LogP contribution in [-0.2, 0) is 0 Å². The molecule has 0 bridgehead atoms. The zero-order chi connectivity index (χ0) is 12.4. The van der Waals surface area contributed by atoms with Gasteiger partial charge in [-0.3, -0.25) is 0 Å². The zero-order valence-corrected chi connectivity index (χ0v) is 10.4. The Bertz CT molecular complexity index is 633. The Hall–Kier alpha value is -2.28. The second-order valence-electron chi connectivity index (χ2n) is 4.47. The van der Waals surface area contributed by atoms with Gasteiger partial charge < -0.3 is 4.57 Å². The highest BCUT2D eigenvalue weighted by Crippen LogP contribution is 2.23. The van der Waals surface area contributed by atoms with Crippen LogP contribution in [0.3, 0.4) is 0 Å². The summed E-state index contributed by atoms with van der Waals surface area (Å²) in [5.41, 5.74) is 4.94. The van der Waals surface area contributed by atoms with Crippen molar-refractivity contribution in [3.8, 4) is 16.9 Å². The first kappa shape index (κ1) is 10.8. The van der Waals surface area contributed by atoms with Gasteiger partial charge in [0.1, 0.15) is 0 Å². The van der Waals surface area contributed by atoms with Crippen LogP contribution in [0, 0.1) is 6.92 Å². The van der Waals surface area contributed by atoms with Gasteiger partial charge in [0.25, 0.3) is 0 Å². The molecular formula is C17H15N. The van der Waals surface area contributed by atoms with Gasteiger partial charge in [0, 0.05) is 11.9 Å². The van der Waals surface area contributed by atoms with E-state index in [0.29, 0.717) is 0 Å². The van der Waals surface area contributed by atoms with Crippen LogP contribution in [-0.4, -0.2) is 4.57 Å². The number of nitrogens with zero attached hydrogens (tertiary/aromatic N) is 1. The molecule has 1 heterocycles. The molecule has 3 rings (SSSR count). The topological polar surface area (TPSA) is 4.93 Å². The van der Waals surface area contributed by atoms with Crippen LogP contribution >= 0.6 is 0 Å². The first-order valence-electron chi connectivity index (χ1n) is 6.14. The molecule has 18 heavy (non-hydrogen) atoms. The quantitative estimate of drug-likeness (QED) is 0.616. The van der Waals surface area contributed by atoms with E-state index in [1.54, 1.807) is 0 Å². The van der Waals surface area contributed by atoms with Crippen LogP contribution in [0.4, 0.5) is 0 Å². The third-order valence-electron chi connectivity index (χ3n) is 3.13. The van der Waals surface area contributed by atoms with E-state index in [1.807, 2.05) is 6.07 Å². The largest absolute Gasteiger partial charge is 0.317 e. The van der Waals surface area contributed by atoms with Crippen molar-refractivity contribution in [2.24, 2.45) is 0 Å². The number of benzene rings is 2. The maximum Gasteiger partial charge on any atom is 0.0528 e. The fourth-order valence-electron chi connectivity index (χ4n) is 2.16. The van der Waals surface area contributed by atoms with E-state index in [4.69, 9.17) is 0 Å². The maximum absolute atomic E-state index is 2.22. The number of hydrogen-bond donors (Lipinski definition) is 0. The molecule has 0 aliphatic heterocycles. The third kappa shape index (κ3) is 1.95. The molecule has 1 nitrogen and oxygen atoms in total. The number of aryl methyl sites for hydroxylation is 1. The first-order valence-corrected chi connectivity index (χ1v) is 6.14. The van der Waals surface area contributed by atoms with E-state index in [2.05, 4.69) is 78.4 Å². The van der Waals surface area contributed by atoms with Gasteiger partial charge in [0.2, 0.25) is 0 Å². The monoisotopic (exact) mass is 233 g/mol. The lowest BCUT2D eigenvalue weighted by molar-refractivity contribution is 1.09. The van der Waals surface area contributed by atoms with Crippen molar-refractivity contribution in [1.82, 2.24) is 4.57 Å². The molecule has 0 amide bonds. The Morgan fingerprint density at radius 3 is 2.17 bits per heavy atom. The van der Waals surface area contributed by atoms with Crippen molar-refractivity contribution in [1.29, 1.82) is 0 Å². The summed E-state index contributed by atoms with van der Waals surface area (Å²) >= 11 is 0. The molecule has 1 aromatic heterocycles. The van der Waals surface area contributed by atoms with Crippen molar-refractivity contribution >= 4 is 0 Å². The van der Waals surface area contributed by atoms with Crippen molar-refractivity contribution in [3.05, 3.63) is 78.5 Å². The Kier molecular flexibility index (Phi) is 2.73. The number of hydrogen-bond acceptors (Lipinski definition) is 0. The SMILES string of the molecule is Cc1ccc(-n2cccc2-c2ccccc2)cc1.